The van der Waals surface area contributed by atoms with Crippen molar-refractivity contribution in [1.29, 1.82) is 0 Å². The van der Waals surface area contributed by atoms with E-state index in [-0.39, 0.29) is 0 Å². The Morgan fingerprint density at radius 2 is 1.66 bits per heavy atom. The molecule has 4 aromatic rings. The van der Waals surface area contributed by atoms with Gasteiger partial charge in [-0.15, -0.1) is 10.2 Å². The van der Waals surface area contributed by atoms with Crippen LogP contribution in [0, 0.1) is 20.8 Å². The fourth-order valence-corrected chi connectivity index (χ4v) is 5.69. The van der Waals surface area contributed by atoms with E-state index in [2.05, 4.69) is 20.3 Å². The minimum atomic E-state index is -3.52. The van der Waals surface area contributed by atoms with Gasteiger partial charge < -0.3 is 8.94 Å². The summed E-state index contributed by atoms with van der Waals surface area (Å²) in [5, 5.41) is 12.6. The van der Waals surface area contributed by atoms with E-state index < -0.39 is 10.0 Å². The van der Waals surface area contributed by atoms with Crippen molar-refractivity contribution in [1.82, 2.24) is 24.6 Å². The van der Waals surface area contributed by atoms with E-state index in [0.717, 1.165) is 16.7 Å². The monoisotopic (exact) mass is 493 g/mol. The molecule has 0 atom stereocenters. The van der Waals surface area contributed by atoms with Crippen LogP contribution in [-0.4, -0.2) is 59.2 Å². The average molecular weight is 494 g/mol. The summed E-state index contributed by atoms with van der Waals surface area (Å²) in [6.45, 7) is 8.10. The van der Waals surface area contributed by atoms with Gasteiger partial charge in [0.25, 0.3) is 5.89 Å². The lowest BCUT2D eigenvalue weighted by atomic mass is 10.1. The summed E-state index contributed by atoms with van der Waals surface area (Å²) in [5.41, 5.74) is 4.28. The Balaban J connectivity index is 1.26. The Bertz CT molecular complexity index is 1440. The fourth-order valence-electron chi connectivity index (χ4n) is 4.18. The van der Waals surface area contributed by atoms with Crippen LogP contribution in [0.5, 0.6) is 0 Å². The quantitative estimate of drug-likeness (QED) is 0.399. The maximum atomic E-state index is 13.1. The molecule has 0 saturated carbocycles. The van der Waals surface area contributed by atoms with Crippen LogP contribution in [0.2, 0.25) is 0 Å². The van der Waals surface area contributed by atoms with E-state index in [1.807, 2.05) is 57.2 Å². The van der Waals surface area contributed by atoms with Gasteiger partial charge in [-0.2, -0.15) is 4.31 Å². The van der Waals surface area contributed by atoms with Gasteiger partial charge in [0.2, 0.25) is 15.9 Å². The molecule has 5 rings (SSSR count). The first-order valence-corrected chi connectivity index (χ1v) is 12.9. The van der Waals surface area contributed by atoms with E-state index in [1.54, 1.807) is 16.4 Å². The molecule has 1 aliphatic rings. The maximum absolute atomic E-state index is 13.1. The fraction of sp³-hybridized carbons (Fsp3) is 0.320. The van der Waals surface area contributed by atoms with Crippen molar-refractivity contribution in [3.63, 3.8) is 0 Å². The van der Waals surface area contributed by atoms with Crippen LogP contribution in [0.4, 0.5) is 0 Å². The first kappa shape index (κ1) is 23.4. The standard InChI is InChI=1S/C25H27N5O4S/c1-17-9-10-21(15-18(17)2)35(31,32)30-13-11-29(12-14-30)16-22-26-27-25(33-22)23-19(3)34-28-24(23)20-7-5-4-6-8-20/h4-10,15H,11-14,16H2,1-3H3. The van der Waals surface area contributed by atoms with E-state index in [9.17, 15) is 8.42 Å². The predicted molar refractivity (Wildman–Crippen MR) is 130 cm³/mol. The largest absolute Gasteiger partial charge is 0.419 e. The SMILES string of the molecule is Cc1ccc(S(=O)(=O)N2CCN(Cc3nnc(-c4c(-c5ccccc5)noc4C)o3)CC2)cc1C. The topological polar surface area (TPSA) is 106 Å². The summed E-state index contributed by atoms with van der Waals surface area (Å²) in [4.78, 5) is 2.45. The molecule has 35 heavy (non-hydrogen) atoms. The van der Waals surface area contributed by atoms with Crippen molar-refractivity contribution in [2.75, 3.05) is 26.2 Å². The molecular formula is C25H27N5O4S. The van der Waals surface area contributed by atoms with Crippen LogP contribution < -0.4 is 0 Å². The first-order chi connectivity index (χ1) is 16.8. The number of rotatable bonds is 6. The molecule has 1 fully saturated rings. The van der Waals surface area contributed by atoms with E-state index in [1.165, 1.54) is 0 Å². The number of nitrogens with zero attached hydrogens (tertiary/aromatic N) is 5. The molecule has 0 N–H and O–H groups in total. The van der Waals surface area contributed by atoms with Crippen LogP contribution in [0.15, 0.2) is 62.4 Å². The molecule has 0 unspecified atom stereocenters. The summed E-state index contributed by atoms with van der Waals surface area (Å²) >= 11 is 0. The first-order valence-electron chi connectivity index (χ1n) is 11.5. The van der Waals surface area contributed by atoms with Crippen molar-refractivity contribution in [3.05, 3.63) is 71.3 Å². The van der Waals surface area contributed by atoms with Crippen LogP contribution >= 0.6 is 0 Å². The Kier molecular flexibility index (Phi) is 6.26. The summed E-state index contributed by atoms with van der Waals surface area (Å²) in [6, 6.07) is 15.0. The van der Waals surface area contributed by atoms with Crippen molar-refractivity contribution >= 4 is 10.0 Å². The Labute approximate surface area is 204 Å². The number of hydrogen-bond acceptors (Lipinski definition) is 8. The van der Waals surface area contributed by atoms with Crippen molar-refractivity contribution < 1.29 is 17.4 Å². The molecule has 0 aliphatic carbocycles. The minimum Gasteiger partial charge on any atom is -0.419 e. The molecule has 0 radical (unpaired) electrons. The van der Waals surface area contributed by atoms with Crippen LogP contribution in [0.3, 0.4) is 0 Å². The molecule has 1 saturated heterocycles. The second-order valence-electron chi connectivity index (χ2n) is 8.76. The summed E-state index contributed by atoms with van der Waals surface area (Å²) in [7, 11) is -3.52. The molecule has 2 aromatic carbocycles. The highest BCUT2D eigenvalue weighted by Crippen LogP contribution is 2.33. The maximum Gasteiger partial charge on any atom is 0.253 e. The van der Waals surface area contributed by atoms with Gasteiger partial charge in [0.1, 0.15) is 17.0 Å². The number of piperazine rings is 1. The van der Waals surface area contributed by atoms with Gasteiger partial charge in [0, 0.05) is 31.7 Å². The van der Waals surface area contributed by atoms with Gasteiger partial charge >= 0.3 is 0 Å². The van der Waals surface area contributed by atoms with Crippen molar-refractivity contribution in [2.24, 2.45) is 0 Å². The molecule has 3 heterocycles. The third-order valence-corrected chi connectivity index (χ3v) is 8.29. The highest BCUT2D eigenvalue weighted by atomic mass is 32.2. The lowest BCUT2D eigenvalue weighted by Gasteiger charge is -2.33. The molecule has 182 valence electrons. The normalized spacial score (nSPS) is 15.5. The molecule has 9 nitrogen and oxygen atoms in total. The van der Waals surface area contributed by atoms with Gasteiger partial charge in [-0.05, 0) is 44.0 Å². The second kappa shape index (κ2) is 9.37. The van der Waals surface area contributed by atoms with Crippen molar-refractivity contribution in [3.8, 4) is 22.7 Å². The number of hydrogen-bond donors (Lipinski definition) is 0. The lowest BCUT2D eigenvalue weighted by Crippen LogP contribution is -2.48. The van der Waals surface area contributed by atoms with Gasteiger partial charge in [0.15, 0.2) is 0 Å². The summed E-state index contributed by atoms with van der Waals surface area (Å²) in [5.74, 6) is 1.42. The van der Waals surface area contributed by atoms with Gasteiger partial charge in [-0.1, -0.05) is 41.6 Å². The molecular weight excluding hydrogens is 466 g/mol. The number of benzene rings is 2. The Morgan fingerprint density at radius 3 is 2.37 bits per heavy atom. The number of sulfonamides is 1. The summed E-state index contributed by atoms with van der Waals surface area (Å²) in [6.07, 6.45) is 0. The third kappa shape index (κ3) is 4.64. The molecule has 0 spiro atoms. The molecule has 2 aromatic heterocycles. The smallest absolute Gasteiger partial charge is 0.253 e. The second-order valence-corrected chi connectivity index (χ2v) is 10.7. The van der Waals surface area contributed by atoms with Gasteiger partial charge in [0.05, 0.1) is 11.4 Å². The van der Waals surface area contributed by atoms with E-state index in [0.29, 0.717) is 66.4 Å². The zero-order valence-corrected chi connectivity index (χ0v) is 20.7. The zero-order valence-electron chi connectivity index (χ0n) is 19.9. The lowest BCUT2D eigenvalue weighted by molar-refractivity contribution is 0.168. The molecule has 10 heteroatoms. The molecule has 0 bridgehead atoms. The summed E-state index contributed by atoms with van der Waals surface area (Å²) < 4.78 is 39.1. The van der Waals surface area contributed by atoms with Crippen LogP contribution in [0.25, 0.3) is 22.7 Å². The van der Waals surface area contributed by atoms with Crippen LogP contribution in [-0.2, 0) is 16.6 Å². The highest BCUT2D eigenvalue weighted by Gasteiger charge is 2.29. The van der Waals surface area contributed by atoms with Crippen molar-refractivity contribution in [2.45, 2.75) is 32.2 Å². The van der Waals surface area contributed by atoms with Gasteiger partial charge in [-0.3, -0.25) is 4.90 Å². The average Bonchev–Trinajstić information content (AvgIpc) is 3.47. The Hall–Kier alpha value is -3.34. The van der Waals surface area contributed by atoms with E-state index in [4.69, 9.17) is 8.94 Å². The minimum absolute atomic E-state index is 0.342. The van der Waals surface area contributed by atoms with Crippen LogP contribution in [0.1, 0.15) is 22.8 Å². The number of aryl methyl sites for hydroxylation is 3. The van der Waals surface area contributed by atoms with Gasteiger partial charge in [-0.25, -0.2) is 8.42 Å². The zero-order chi connectivity index (χ0) is 24.6. The third-order valence-electron chi connectivity index (χ3n) is 6.40. The number of aromatic nitrogens is 3. The highest BCUT2D eigenvalue weighted by molar-refractivity contribution is 7.89. The molecule has 1 aliphatic heterocycles. The Morgan fingerprint density at radius 1 is 0.914 bits per heavy atom. The predicted octanol–water partition coefficient (Wildman–Crippen LogP) is 3.82. The molecule has 0 amide bonds. The van der Waals surface area contributed by atoms with E-state index >= 15 is 0 Å².